The average molecular weight is 330 g/mol. The second kappa shape index (κ2) is 6.88. The lowest BCUT2D eigenvalue weighted by Gasteiger charge is -2.33. The third kappa shape index (κ3) is 4.03. The molecule has 23 heavy (non-hydrogen) atoms. The Labute approximate surface area is 133 Å². The zero-order valence-corrected chi connectivity index (χ0v) is 13.5. The summed E-state index contributed by atoms with van der Waals surface area (Å²) in [6.07, 6.45) is -4.50. The number of rotatable bonds is 3. The van der Waals surface area contributed by atoms with E-state index in [0.717, 1.165) is 33.3 Å². The Morgan fingerprint density at radius 3 is 2.35 bits per heavy atom. The van der Waals surface area contributed by atoms with Crippen LogP contribution in [-0.2, 0) is 17.5 Å². The molecule has 1 aromatic carbocycles. The average Bonchev–Trinajstić information content (AvgIpc) is 2.47. The fourth-order valence-electron chi connectivity index (χ4n) is 2.87. The lowest BCUT2D eigenvalue weighted by Crippen LogP contribution is -2.44. The molecule has 4 nitrogen and oxygen atoms in total. The van der Waals surface area contributed by atoms with Crippen molar-refractivity contribution in [3.63, 3.8) is 0 Å². The minimum atomic E-state index is -4.50. The van der Waals surface area contributed by atoms with Gasteiger partial charge in [0, 0.05) is 32.7 Å². The number of halogens is 3. The number of likely N-dealkylation sites (N-methyl/N-ethyl adjacent to an activating group) is 1. The second-order valence-corrected chi connectivity index (χ2v) is 5.84. The van der Waals surface area contributed by atoms with E-state index in [1.807, 2.05) is 11.9 Å². The molecule has 0 atom stereocenters. The van der Waals surface area contributed by atoms with Crippen LogP contribution >= 0.6 is 0 Å². The molecule has 1 saturated heterocycles. The third-order valence-electron chi connectivity index (χ3n) is 4.23. The van der Waals surface area contributed by atoms with Gasteiger partial charge in [0.15, 0.2) is 0 Å². The summed E-state index contributed by atoms with van der Waals surface area (Å²) in [5.41, 5.74) is -0.635. The van der Waals surface area contributed by atoms with Crippen molar-refractivity contribution in [1.82, 2.24) is 9.80 Å². The zero-order valence-electron chi connectivity index (χ0n) is 13.5. The van der Waals surface area contributed by atoms with Crippen LogP contribution in [0.15, 0.2) is 12.1 Å². The second-order valence-electron chi connectivity index (χ2n) is 5.84. The van der Waals surface area contributed by atoms with Crippen molar-refractivity contribution in [2.24, 2.45) is 0 Å². The van der Waals surface area contributed by atoms with E-state index < -0.39 is 17.7 Å². The monoisotopic (exact) mass is 330 g/mol. The molecule has 2 rings (SSSR count). The van der Waals surface area contributed by atoms with E-state index in [9.17, 15) is 18.0 Å². The molecule has 0 radical (unpaired) electrons. The van der Waals surface area contributed by atoms with Gasteiger partial charge in [-0.3, -0.25) is 4.90 Å². The zero-order chi connectivity index (χ0) is 17.2. The first-order chi connectivity index (χ1) is 10.7. The lowest BCUT2D eigenvalue weighted by molar-refractivity contribution is -0.139. The standard InChI is InChI=1S/C16H21F3N2O2/c1-11-13(15(22)23-3)5-4-12(14(11)16(17,18)19)10-21-8-6-20(2)7-9-21/h4-5H,6-10H2,1-3H3. The summed E-state index contributed by atoms with van der Waals surface area (Å²) in [6, 6.07) is 2.81. The van der Waals surface area contributed by atoms with Crippen LogP contribution in [0.4, 0.5) is 13.2 Å². The van der Waals surface area contributed by atoms with Crippen LogP contribution in [0.5, 0.6) is 0 Å². The number of methoxy groups -OCH3 is 1. The number of hydrogen-bond donors (Lipinski definition) is 0. The normalized spacial score (nSPS) is 17.3. The van der Waals surface area contributed by atoms with Gasteiger partial charge in [-0.2, -0.15) is 13.2 Å². The molecule has 0 aromatic heterocycles. The summed E-state index contributed by atoms with van der Waals surface area (Å²) in [4.78, 5) is 15.8. The molecule has 0 N–H and O–H groups in total. The highest BCUT2D eigenvalue weighted by atomic mass is 19.4. The fourth-order valence-corrected chi connectivity index (χ4v) is 2.87. The molecule has 128 valence electrons. The molecule has 0 saturated carbocycles. The Morgan fingerprint density at radius 2 is 1.83 bits per heavy atom. The maximum atomic E-state index is 13.5. The SMILES string of the molecule is COC(=O)c1ccc(CN2CCN(C)CC2)c(C(F)(F)F)c1C. The molecule has 1 heterocycles. The number of carbonyl (C=O) groups excluding carboxylic acids is 1. The number of esters is 1. The molecule has 1 aliphatic heterocycles. The Bertz CT molecular complexity index is 579. The van der Waals surface area contributed by atoms with Gasteiger partial charge in [0.1, 0.15) is 0 Å². The van der Waals surface area contributed by atoms with E-state index in [-0.39, 0.29) is 23.2 Å². The Morgan fingerprint density at radius 1 is 1.22 bits per heavy atom. The Kier molecular flexibility index (Phi) is 5.31. The first kappa shape index (κ1) is 17.7. The van der Waals surface area contributed by atoms with Gasteiger partial charge in [0.05, 0.1) is 18.2 Å². The quantitative estimate of drug-likeness (QED) is 0.798. The molecule has 0 amide bonds. The molecule has 1 aliphatic rings. The molecular formula is C16H21F3N2O2. The molecule has 0 bridgehead atoms. The van der Waals surface area contributed by atoms with Crippen molar-refractivity contribution in [2.45, 2.75) is 19.6 Å². The maximum absolute atomic E-state index is 13.5. The molecule has 0 aliphatic carbocycles. The van der Waals surface area contributed by atoms with E-state index in [0.29, 0.717) is 0 Å². The van der Waals surface area contributed by atoms with Gasteiger partial charge in [-0.15, -0.1) is 0 Å². The number of carbonyl (C=O) groups is 1. The molecule has 0 spiro atoms. The summed E-state index contributed by atoms with van der Waals surface area (Å²) in [6.45, 7) is 4.67. The Balaban J connectivity index is 2.35. The highest BCUT2D eigenvalue weighted by Crippen LogP contribution is 2.36. The summed E-state index contributed by atoms with van der Waals surface area (Å²) in [7, 11) is 3.15. The first-order valence-electron chi connectivity index (χ1n) is 7.43. The van der Waals surface area contributed by atoms with Crippen LogP contribution in [0.25, 0.3) is 0 Å². The highest BCUT2D eigenvalue weighted by molar-refractivity contribution is 5.91. The van der Waals surface area contributed by atoms with Crippen LogP contribution < -0.4 is 0 Å². The van der Waals surface area contributed by atoms with Crippen LogP contribution in [-0.4, -0.2) is 56.1 Å². The molecule has 1 aromatic rings. The van der Waals surface area contributed by atoms with E-state index in [4.69, 9.17) is 0 Å². The van der Waals surface area contributed by atoms with E-state index in [1.54, 1.807) is 0 Å². The van der Waals surface area contributed by atoms with Crippen LogP contribution in [0.3, 0.4) is 0 Å². The summed E-state index contributed by atoms with van der Waals surface area (Å²) < 4.78 is 45.0. The largest absolute Gasteiger partial charge is 0.465 e. The minimum absolute atomic E-state index is 0.0399. The smallest absolute Gasteiger partial charge is 0.417 e. The lowest BCUT2D eigenvalue weighted by atomic mass is 9.95. The molecular weight excluding hydrogens is 309 g/mol. The number of ether oxygens (including phenoxy) is 1. The third-order valence-corrected chi connectivity index (χ3v) is 4.23. The summed E-state index contributed by atoms with van der Waals surface area (Å²) >= 11 is 0. The van der Waals surface area contributed by atoms with E-state index in [2.05, 4.69) is 9.64 Å². The van der Waals surface area contributed by atoms with E-state index in [1.165, 1.54) is 19.1 Å². The van der Waals surface area contributed by atoms with Crippen molar-refractivity contribution >= 4 is 5.97 Å². The van der Waals surface area contributed by atoms with Crippen molar-refractivity contribution in [3.05, 3.63) is 34.4 Å². The highest BCUT2D eigenvalue weighted by Gasteiger charge is 2.37. The molecule has 1 fully saturated rings. The van der Waals surface area contributed by atoms with Crippen molar-refractivity contribution in [2.75, 3.05) is 40.3 Å². The van der Waals surface area contributed by atoms with Gasteiger partial charge in [0.2, 0.25) is 0 Å². The predicted molar refractivity (Wildman–Crippen MR) is 80.3 cm³/mol. The van der Waals surface area contributed by atoms with Crippen LogP contribution in [0.2, 0.25) is 0 Å². The number of nitrogens with zero attached hydrogens (tertiary/aromatic N) is 2. The van der Waals surface area contributed by atoms with Crippen molar-refractivity contribution in [1.29, 1.82) is 0 Å². The topological polar surface area (TPSA) is 32.8 Å². The Hall–Kier alpha value is -1.60. The number of piperazine rings is 1. The van der Waals surface area contributed by atoms with Crippen molar-refractivity contribution < 1.29 is 22.7 Å². The van der Waals surface area contributed by atoms with Crippen LogP contribution in [0.1, 0.15) is 27.0 Å². The number of hydrogen-bond acceptors (Lipinski definition) is 4. The maximum Gasteiger partial charge on any atom is 0.417 e. The van der Waals surface area contributed by atoms with Gasteiger partial charge >= 0.3 is 12.1 Å². The van der Waals surface area contributed by atoms with Gasteiger partial charge in [-0.1, -0.05) is 6.07 Å². The predicted octanol–water partition coefficient (Wildman–Crippen LogP) is 2.55. The minimum Gasteiger partial charge on any atom is -0.465 e. The van der Waals surface area contributed by atoms with Gasteiger partial charge in [-0.05, 0) is 31.2 Å². The van der Waals surface area contributed by atoms with E-state index >= 15 is 0 Å². The van der Waals surface area contributed by atoms with Gasteiger partial charge < -0.3 is 9.64 Å². The number of alkyl halides is 3. The molecule has 0 unspecified atom stereocenters. The fraction of sp³-hybridized carbons (Fsp3) is 0.562. The van der Waals surface area contributed by atoms with Gasteiger partial charge in [0.25, 0.3) is 0 Å². The van der Waals surface area contributed by atoms with Crippen molar-refractivity contribution in [3.8, 4) is 0 Å². The summed E-state index contributed by atoms with van der Waals surface area (Å²) in [5.74, 6) is -0.751. The number of benzene rings is 1. The first-order valence-corrected chi connectivity index (χ1v) is 7.43. The van der Waals surface area contributed by atoms with Crippen LogP contribution in [0, 0.1) is 6.92 Å². The van der Waals surface area contributed by atoms with Gasteiger partial charge in [-0.25, -0.2) is 4.79 Å². The molecule has 7 heteroatoms. The summed E-state index contributed by atoms with van der Waals surface area (Å²) in [5, 5.41) is 0.